The fraction of sp³-hybridized carbons (Fsp3) is 0. The summed E-state index contributed by atoms with van der Waals surface area (Å²) in [6.45, 7) is 3.60. The van der Waals surface area contributed by atoms with E-state index >= 15 is 0 Å². The zero-order chi connectivity index (χ0) is 6.53. The van der Waals surface area contributed by atoms with Gasteiger partial charge in [-0.1, -0.05) is 0 Å². The summed E-state index contributed by atoms with van der Waals surface area (Å²) in [4.78, 5) is 0. The monoisotopic (exact) mass is 219 g/mol. The Balaban J connectivity index is 2.53. The first-order valence-corrected chi connectivity index (χ1v) is 6.75. The second kappa shape index (κ2) is 3.78. The molecule has 1 aliphatic rings. The van der Waals surface area contributed by atoms with Gasteiger partial charge in [0.2, 0.25) is 0 Å². The zero-order valence-electron chi connectivity index (χ0n) is 5.25. The predicted octanol–water partition coefficient (Wildman–Crippen LogP) is 1.84. The van der Waals surface area contributed by atoms with Gasteiger partial charge in [0.05, 0.1) is 0 Å². The molecule has 0 fully saturated rings. The van der Waals surface area contributed by atoms with Crippen molar-refractivity contribution in [3.63, 3.8) is 0 Å². The van der Waals surface area contributed by atoms with Crippen LogP contribution in [0.3, 0.4) is 0 Å². The molecule has 0 nitrogen and oxygen atoms in total. The molecule has 0 saturated heterocycles. The van der Waals surface area contributed by atoms with Crippen molar-refractivity contribution < 1.29 is 0 Å². The molecule has 1 radical (unpaired) electrons. The average Bonchev–Trinajstić information content (AvgIpc) is 2.34. The molecule has 0 aliphatic carbocycles. The van der Waals surface area contributed by atoms with Crippen molar-refractivity contribution in [2.45, 2.75) is 0 Å². The van der Waals surface area contributed by atoms with Crippen LogP contribution in [0.2, 0.25) is 0 Å². The van der Waals surface area contributed by atoms with Crippen molar-refractivity contribution >= 4 is 22.9 Å². The van der Waals surface area contributed by atoms with Crippen molar-refractivity contribution in [3.05, 3.63) is 44.1 Å². The molecule has 0 aromatic heterocycles. The quantitative estimate of drug-likeness (QED) is 0.621. The summed E-state index contributed by atoms with van der Waals surface area (Å²) in [5.41, 5.74) is 1.37. The van der Waals surface area contributed by atoms with Crippen LogP contribution >= 0.6 is 0 Å². The molecule has 0 aromatic carbocycles. The van der Waals surface area contributed by atoms with E-state index in [1.807, 2.05) is 6.08 Å². The fourth-order valence-corrected chi connectivity index (χ4v) is 3.22. The molecule has 1 heterocycles. The first kappa shape index (κ1) is 6.94. The van der Waals surface area contributed by atoms with E-state index in [-0.39, 0.29) is 22.9 Å². The van der Waals surface area contributed by atoms with Crippen molar-refractivity contribution in [1.82, 2.24) is 0 Å². The molecule has 9 heavy (non-hydrogen) atoms. The van der Waals surface area contributed by atoms with Crippen LogP contribution in [-0.2, 0) is 0 Å². The normalized spacial score (nSPS) is 15.8. The topological polar surface area (TPSA) is 0 Å². The van der Waals surface area contributed by atoms with Gasteiger partial charge in [0, 0.05) is 0 Å². The van der Waals surface area contributed by atoms with E-state index in [4.69, 9.17) is 0 Å². The van der Waals surface area contributed by atoms with E-state index in [2.05, 4.69) is 26.4 Å². The molecule has 0 bridgehead atoms. The summed E-state index contributed by atoms with van der Waals surface area (Å²) >= 11 is -0.343. The van der Waals surface area contributed by atoms with Crippen LogP contribution in [0.25, 0.3) is 0 Å². The minimum atomic E-state index is -0.343. The molecule has 0 N–H and O–H groups in total. The van der Waals surface area contributed by atoms with Gasteiger partial charge in [-0.25, -0.2) is 0 Å². The SMILES string of the molecule is C=C/C=C/C1=[CH][In][CH]=C1. The van der Waals surface area contributed by atoms with Crippen LogP contribution in [0.1, 0.15) is 0 Å². The molecule has 0 amide bonds. The van der Waals surface area contributed by atoms with Gasteiger partial charge in [-0.15, -0.1) is 0 Å². The van der Waals surface area contributed by atoms with Crippen molar-refractivity contribution in [2.75, 3.05) is 0 Å². The third-order valence-corrected chi connectivity index (χ3v) is 3.94. The summed E-state index contributed by atoms with van der Waals surface area (Å²) in [5, 5.41) is 0. The number of hydrogen-bond donors (Lipinski definition) is 0. The van der Waals surface area contributed by atoms with Gasteiger partial charge in [-0.05, 0) is 0 Å². The van der Waals surface area contributed by atoms with E-state index in [0.717, 1.165) is 0 Å². The summed E-state index contributed by atoms with van der Waals surface area (Å²) in [6, 6.07) is 0. The van der Waals surface area contributed by atoms with Gasteiger partial charge in [0.15, 0.2) is 0 Å². The molecule has 1 heteroatoms. The van der Waals surface area contributed by atoms with Crippen molar-refractivity contribution in [1.29, 1.82) is 0 Å². The number of rotatable bonds is 2. The van der Waals surface area contributed by atoms with Crippen molar-refractivity contribution in [2.24, 2.45) is 0 Å². The van der Waals surface area contributed by atoms with Gasteiger partial charge in [-0.2, -0.15) is 0 Å². The van der Waals surface area contributed by atoms with E-state index in [1.165, 1.54) is 5.57 Å². The van der Waals surface area contributed by atoms with Gasteiger partial charge in [-0.3, -0.25) is 0 Å². The van der Waals surface area contributed by atoms with Crippen molar-refractivity contribution in [3.8, 4) is 0 Å². The molecule has 0 spiro atoms. The summed E-state index contributed by atoms with van der Waals surface area (Å²) in [6.07, 6.45) is 8.08. The van der Waals surface area contributed by atoms with Gasteiger partial charge in [0.25, 0.3) is 0 Å². The molecule has 1 aliphatic heterocycles. The second-order valence-electron chi connectivity index (χ2n) is 1.81. The average molecular weight is 219 g/mol. The summed E-state index contributed by atoms with van der Waals surface area (Å²) < 4.78 is 4.70. The van der Waals surface area contributed by atoms with Crippen LogP contribution in [0, 0.1) is 0 Å². The first-order chi connectivity index (χ1) is 4.43. The Morgan fingerprint density at radius 2 is 2.44 bits per heavy atom. The molecular formula is C8H8In. The van der Waals surface area contributed by atoms with E-state index < -0.39 is 0 Å². The molecule has 0 aromatic rings. The van der Waals surface area contributed by atoms with Gasteiger partial charge in [0.1, 0.15) is 0 Å². The van der Waals surface area contributed by atoms with E-state index in [0.29, 0.717) is 0 Å². The minimum absolute atomic E-state index is 0.343. The van der Waals surface area contributed by atoms with Crippen LogP contribution in [0.4, 0.5) is 0 Å². The van der Waals surface area contributed by atoms with Gasteiger partial charge >= 0.3 is 67.0 Å². The first-order valence-electron chi connectivity index (χ1n) is 2.94. The number of allylic oxidation sites excluding steroid dienone is 5. The molecule has 0 unspecified atom stereocenters. The molecule has 43 valence electrons. The van der Waals surface area contributed by atoms with Crippen LogP contribution in [0.5, 0.6) is 0 Å². The van der Waals surface area contributed by atoms with Gasteiger partial charge < -0.3 is 0 Å². The van der Waals surface area contributed by atoms with Crippen LogP contribution in [0.15, 0.2) is 44.1 Å². The Labute approximate surface area is 67.0 Å². The third kappa shape index (κ3) is 2.27. The Hall–Kier alpha value is -0.170. The Bertz CT molecular complexity index is 185. The van der Waals surface area contributed by atoms with Crippen LogP contribution in [-0.4, -0.2) is 22.9 Å². The Morgan fingerprint density at radius 3 is 3.00 bits per heavy atom. The van der Waals surface area contributed by atoms with E-state index in [1.54, 1.807) is 6.08 Å². The Kier molecular flexibility index (Phi) is 2.92. The number of hydrogen-bond acceptors (Lipinski definition) is 0. The Morgan fingerprint density at radius 1 is 1.56 bits per heavy atom. The molecule has 1 rings (SSSR count). The zero-order valence-corrected chi connectivity index (χ0v) is 8.54. The second-order valence-corrected chi connectivity index (χ2v) is 4.96. The molecule has 0 atom stereocenters. The van der Waals surface area contributed by atoms with Crippen LogP contribution < -0.4 is 0 Å². The standard InChI is InChI=1S/C8H8.In/c1-4-6-7-8(3)5-2;/h2-7H,1H2;/b5-2?,7-6+,8-3?;. The third-order valence-electron chi connectivity index (χ3n) is 1.11. The molecular weight excluding hydrogens is 211 g/mol. The maximum atomic E-state index is 3.60. The molecule has 0 saturated carbocycles. The fourth-order valence-electron chi connectivity index (χ4n) is 0.679. The maximum absolute atomic E-state index is 3.60. The predicted molar refractivity (Wildman–Crippen MR) is 42.3 cm³/mol. The van der Waals surface area contributed by atoms with E-state index in [9.17, 15) is 0 Å². The summed E-state index contributed by atoms with van der Waals surface area (Å²) in [7, 11) is 0. The summed E-state index contributed by atoms with van der Waals surface area (Å²) in [5.74, 6) is 0.